The highest BCUT2D eigenvalue weighted by molar-refractivity contribution is 5.91. The molecule has 0 spiro atoms. The molecule has 1 aliphatic heterocycles. The van der Waals surface area contributed by atoms with Crippen molar-refractivity contribution in [3.05, 3.63) is 17.5 Å². The van der Waals surface area contributed by atoms with E-state index in [-0.39, 0.29) is 36.7 Å². The van der Waals surface area contributed by atoms with Crippen molar-refractivity contribution in [1.82, 2.24) is 15.4 Å². The standard InChI is InChI=1S/C17H27N3O4/c1-9(2)15(14-6-11(5)19-24-14)17(23)20-8-12(21)7-13(20)16(22)18-10(3)4/h6,9-10,12-13,15,21H,7-8H2,1-5H3,(H,18,22)/t12-,13+,15-/m1/s1. The molecule has 24 heavy (non-hydrogen) atoms. The molecule has 1 saturated heterocycles. The van der Waals surface area contributed by atoms with Gasteiger partial charge in [0.1, 0.15) is 17.7 Å². The fourth-order valence-corrected chi connectivity index (χ4v) is 3.13. The minimum atomic E-state index is -0.693. The smallest absolute Gasteiger partial charge is 0.243 e. The zero-order chi connectivity index (χ0) is 18.0. The lowest BCUT2D eigenvalue weighted by Crippen LogP contribution is -2.49. The van der Waals surface area contributed by atoms with Gasteiger partial charge in [0, 0.05) is 25.1 Å². The highest BCUT2D eigenvalue weighted by atomic mass is 16.5. The number of aromatic nitrogens is 1. The van der Waals surface area contributed by atoms with Gasteiger partial charge in [-0.2, -0.15) is 0 Å². The van der Waals surface area contributed by atoms with E-state index in [0.717, 1.165) is 0 Å². The van der Waals surface area contributed by atoms with Gasteiger partial charge in [0.05, 0.1) is 11.8 Å². The van der Waals surface area contributed by atoms with Crippen molar-refractivity contribution in [3.63, 3.8) is 0 Å². The van der Waals surface area contributed by atoms with Crippen LogP contribution in [0.25, 0.3) is 0 Å². The second-order valence-electron chi connectivity index (χ2n) is 7.15. The first-order chi connectivity index (χ1) is 11.2. The Balaban J connectivity index is 2.25. The van der Waals surface area contributed by atoms with Gasteiger partial charge in [0.15, 0.2) is 0 Å². The van der Waals surface area contributed by atoms with Gasteiger partial charge in [-0.1, -0.05) is 19.0 Å². The van der Waals surface area contributed by atoms with Gasteiger partial charge in [-0.05, 0) is 26.7 Å². The summed E-state index contributed by atoms with van der Waals surface area (Å²) < 4.78 is 5.30. The van der Waals surface area contributed by atoms with Crippen molar-refractivity contribution >= 4 is 11.8 Å². The van der Waals surface area contributed by atoms with Crippen LogP contribution in [0.15, 0.2) is 10.6 Å². The molecule has 1 aliphatic rings. The summed E-state index contributed by atoms with van der Waals surface area (Å²) in [5.74, 6) is -0.480. The molecule has 0 unspecified atom stereocenters. The zero-order valence-corrected chi connectivity index (χ0v) is 14.9. The maximum Gasteiger partial charge on any atom is 0.243 e. The Morgan fingerprint density at radius 2 is 2.04 bits per heavy atom. The summed E-state index contributed by atoms with van der Waals surface area (Å²) in [6.45, 7) is 9.54. The van der Waals surface area contributed by atoms with Crippen LogP contribution in [0.3, 0.4) is 0 Å². The molecule has 2 N–H and O–H groups in total. The number of nitrogens with one attached hydrogen (secondary N) is 1. The molecule has 3 atom stereocenters. The Bertz CT molecular complexity index is 596. The zero-order valence-electron chi connectivity index (χ0n) is 14.9. The normalized spacial score (nSPS) is 22.2. The van der Waals surface area contributed by atoms with Crippen molar-refractivity contribution < 1.29 is 19.2 Å². The number of aryl methyl sites for hydroxylation is 1. The molecule has 0 radical (unpaired) electrons. The summed E-state index contributed by atoms with van der Waals surface area (Å²) >= 11 is 0. The Morgan fingerprint density at radius 1 is 1.38 bits per heavy atom. The van der Waals surface area contributed by atoms with E-state index in [1.165, 1.54) is 4.90 Å². The predicted octanol–water partition coefficient (Wildman–Crippen LogP) is 1.21. The van der Waals surface area contributed by atoms with E-state index in [4.69, 9.17) is 4.52 Å². The molecule has 7 heteroatoms. The maximum absolute atomic E-state index is 13.1. The molecule has 0 bridgehead atoms. The third-order valence-electron chi connectivity index (χ3n) is 4.18. The summed E-state index contributed by atoms with van der Waals surface area (Å²) in [6.07, 6.45) is -0.439. The number of carbonyl (C=O) groups excluding carboxylic acids is 2. The van der Waals surface area contributed by atoms with E-state index < -0.39 is 18.1 Å². The van der Waals surface area contributed by atoms with Crippen molar-refractivity contribution in [2.45, 2.75) is 65.1 Å². The lowest BCUT2D eigenvalue weighted by molar-refractivity contribution is -0.141. The molecular weight excluding hydrogens is 310 g/mol. The van der Waals surface area contributed by atoms with Gasteiger partial charge in [0.2, 0.25) is 11.8 Å². The number of nitrogens with zero attached hydrogens (tertiary/aromatic N) is 2. The summed E-state index contributed by atoms with van der Waals surface area (Å²) in [5, 5.41) is 16.7. The minimum absolute atomic E-state index is 0.0172. The number of carbonyl (C=O) groups is 2. The van der Waals surface area contributed by atoms with Gasteiger partial charge < -0.3 is 19.8 Å². The molecule has 2 heterocycles. The summed E-state index contributed by atoms with van der Waals surface area (Å²) in [6, 6.07) is 1.07. The molecule has 2 amide bonds. The second kappa shape index (κ2) is 7.34. The van der Waals surface area contributed by atoms with Crippen LogP contribution >= 0.6 is 0 Å². The summed E-state index contributed by atoms with van der Waals surface area (Å²) in [7, 11) is 0. The van der Waals surface area contributed by atoms with E-state index in [0.29, 0.717) is 11.5 Å². The highest BCUT2D eigenvalue weighted by Gasteiger charge is 2.43. The fourth-order valence-electron chi connectivity index (χ4n) is 3.13. The minimum Gasteiger partial charge on any atom is -0.391 e. The summed E-state index contributed by atoms with van der Waals surface area (Å²) in [4.78, 5) is 27.0. The number of aliphatic hydroxyl groups excluding tert-OH is 1. The SMILES string of the molecule is Cc1cc([C@H](C(=O)N2C[C@H](O)C[C@H]2C(=O)NC(C)C)C(C)C)on1. The van der Waals surface area contributed by atoms with Crippen molar-refractivity contribution in [2.24, 2.45) is 5.92 Å². The van der Waals surface area contributed by atoms with Crippen molar-refractivity contribution in [3.8, 4) is 0 Å². The largest absolute Gasteiger partial charge is 0.391 e. The lowest BCUT2D eigenvalue weighted by Gasteiger charge is -2.29. The van der Waals surface area contributed by atoms with Gasteiger partial charge in [-0.3, -0.25) is 9.59 Å². The first-order valence-electron chi connectivity index (χ1n) is 8.42. The van der Waals surface area contributed by atoms with Gasteiger partial charge in [0.25, 0.3) is 0 Å². The molecular formula is C17H27N3O4. The van der Waals surface area contributed by atoms with Crippen LogP contribution in [-0.4, -0.2) is 51.7 Å². The number of β-amino-alcohol motifs (C(OH)–C–C–N with tert-alkyl or cyclic N) is 1. The van der Waals surface area contributed by atoms with Gasteiger partial charge in [-0.15, -0.1) is 0 Å². The second-order valence-corrected chi connectivity index (χ2v) is 7.15. The van der Waals surface area contributed by atoms with Crippen LogP contribution in [0.2, 0.25) is 0 Å². The number of likely N-dealkylation sites (tertiary alicyclic amines) is 1. The highest BCUT2D eigenvalue weighted by Crippen LogP contribution is 2.31. The molecule has 7 nitrogen and oxygen atoms in total. The number of rotatable bonds is 5. The van der Waals surface area contributed by atoms with Crippen LogP contribution in [0, 0.1) is 12.8 Å². The first-order valence-corrected chi connectivity index (χ1v) is 8.42. The first kappa shape index (κ1) is 18.4. The third kappa shape index (κ3) is 3.95. The Hall–Kier alpha value is -1.89. The van der Waals surface area contributed by atoms with Gasteiger partial charge in [-0.25, -0.2) is 0 Å². The molecule has 2 rings (SSSR count). The number of aliphatic hydroxyl groups is 1. The monoisotopic (exact) mass is 337 g/mol. The molecule has 134 valence electrons. The fraction of sp³-hybridized carbons (Fsp3) is 0.706. The van der Waals surface area contributed by atoms with Crippen LogP contribution < -0.4 is 5.32 Å². The van der Waals surface area contributed by atoms with Crippen LogP contribution in [-0.2, 0) is 9.59 Å². The van der Waals surface area contributed by atoms with Crippen LogP contribution in [0.1, 0.15) is 51.5 Å². The quantitative estimate of drug-likeness (QED) is 0.842. The van der Waals surface area contributed by atoms with E-state index >= 15 is 0 Å². The lowest BCUT2D eigenvalue weighted by atomic mass is 9.91. The molecule has 0 aromatic carbocycles. The van der Waals surface area contributed by atoms with E-state index in [1.54, 1.807) is 13.0 Å². The molecule has 1 aromatic rings. The molecule has 1 fully saturated rings. The van der Waals surface area contributed by atoms with Crippen molar-refractivity contribution in [2.75, 3.05) is 6.54 Å². The average molecular weight is 337 g/mol. The van der Waals surface area contributed by atoms with E-state index in [9.17, 15) is 14.7 Å². The molecule has 0 aliphatic carbocycles. The Labute approximate surface area is 142 Å². The molecule has 0 saturated carbocycles. The third-order valence-corrected chi connectivity index (χ3v) is 4.18. The topological polar surface area (TPSA) is 95.7 Å². The van der Waals surface area contributed by atoms with E-state index in [2.05, 4.69) is 10.5 Å². The molecule has 1 aromatic heterocycles. The van der Waals surface area contributed by atoms with Crippen LogP contribution in [0.4, 0.5) is 0 Å². The Kier molecular flexibility index (Phi) is 5.64. The number of amides is 2. The maximum atomic E-state index is 13.1. The predicted molar refractivity (Wildman–Crippen MR) is 88.2 cm³/mol. The van der Waals surface area contributed by atoms with Crippen LogP contribution in [0.5, 0.6) is 0 Å². The number of hydrogen-bond acceptors (Lipinski definition) is 5. The average Bonchev–Trinajstić information content (AvgIpc) is 3.04. The number of hydrogen-bond donors (Lipinski definition) is 2. The van der Waals surface area contributed by atoms with Gasteiger partial charge >= 0.3 is 0 Å². The van der Waals surface area contributed by atoms with Crippen molar-refractivity contribution in [1.29, 1.82) is 0 Å². The summed E-state index contributed by atoms with van der Waals surface area (Å²) in [5.41, 5.74) is 0.707. The Morgan fingerprint density at radius 3 is 2.54 bits per heavy atom. The van der Waals surface area contributed by atoms with E-state index in [1.807, 2.05) is 27.7 Å².